The molecule has 0 unspecified atom stereocenters. The van der Waals surface area contributed by atoms with Gasteiger partial charge in [0.2, 0.25) is 11.6 Å². The Kier molecular flexibility index (Phi) is 7.98. The summed E-state index contributed by atoms with van der Waals surface area (Å²) in [7, 11) is 1.44. The number of cyclic esters (lactones) is 1. The van der Waals surface area contributed by atoms with Gasteiger partial charge in [-0.3, -0.25) is 14.4 Å². The van der Waals surface area contributed by atoms with E-state index in [0.717, 1.165) is 5.56 Å². The van der Waals surface area contributed by atoms with E-state index in [9.17, 15) is 24.3 Å². The Labute approximate surface area is 192 Å². The number of ether oxygens (including phenoxy) is 2. The van der Waals surface area contributed by atoms with Gasteiger partial charge in [0.1, 0.15) is 23.2 Å². The highest BCUT2D eigenvalue weighted by molar-refractivity contribution is 6.63. The van der Waals surface area contributed by atoms with E-state index in [1.165, 1.54) is 13.2 Å². The number of benzene rings is 2. The molecule has 3 rings (SSSR count). The van der Waals surface area contributed by atoms with Crippen LogP contribution in [0.4, 0.5) is 0 Å². The van der Waals surface area contributed by atoms with Crippen LogP contribution in [0.5, 0.6) is 11.5 Å². The molecule has 1 aliphatic rings. The summed E-state index contributed by atoms with van der Waals surface area (Å²) in [6.45, 7) is 1.73. The molecule has 0 saturated carbocycles. The molecule has 0 spiro atoms. The average molecular weight is 453 g/mol. The van der Waals surface area contributed by atoms with Crippen molar-refractivity contribution in [2.24, 2.45) is 5.92 Å². The lowest BCUT2D eigenvalue weighted by atomic mass is 9.88. The van der Waals surface area contributed by atoms with Crippen LogP contribution >= 0.6 is 0 Å². The number of ketones is 3. The van der Waals surface area contributed by atoms with Crippen molar-refractivity contribution in [3.63, 3.8) is 0 Å². The minimum atomic E-state index is -0.983. The Morgan fingerprint density at radius 2 is 1.70 bits per heavy atom. The number of Topliss-reactive ketones (excluding diaryl/α,β-unsaturated/α-hetero) is 3. The first kappa shape index (κ1) is 24.2. The lowest BCUT2D eigenvalue weighted by molar-refractivity contribution is -0.144. The Bertz CT molecular complexity index is 1040. The fraction of sp³-hybridized carbons (Fsp3) is 0.385. The van der Waals surface area contributed by atoms with Gasteiger partial charge in [-0.2, -0.15) is 0 Å². The van der Waals surface area contributed by atoms with Gasteiger partial charge in [-0.05, 0) is 49.8 Å². The van der Waals surface area contributed by atoms with Gasteiger partial charge in [0, 0.05) is 24.8 Å². The Balaban J connectivity index is 1.96. The van der Waals surface area contributed by atoms with E-state index in [2.05, 4.69) is 0 Å². The number of phenols is 1. The Morgan fingerprint density at radius 1 is 1.00 bits per heavy atom. The number of aromatic hydroxyl groups is 1. The first-order chi connectivity index (χ1) is 15.8. The highest BCUT2D eigenvalue weighted by Gasteiger charge is 2.29. The summed E-state index contributed by atoms with van der Waals surface area (Å²) in [6.07, 6.45) is 0.438. The number of methoxy groups -OCH3 is 1. The smallest absolute Gasteiger partial charge is 0.342 e. The van der Waals surface area contributed by atoms with Crippen molar-refractivity contribution in [1.29, 1.82) is 0 Å². The third-order valence-electron chi connectivity index (χ3n) is 6.01. The van der Waals surface area contributed by atoms with Crippen LogP contribution in [-0.2, 0) is 32.0 Å². The molecule has 0 fully saturated rings. The molecule has 33 heavy (non-hydrogen) atoms. The molecule has 2 aromatic carbocycles. The molecule has 1 heterocycles. The van der Waals surface area contributed by atoms with Gasteiger partial charge in [-0.15, -0.1) is 0 Å². The standard InChI is InChI=1S/C26H28O7/c1-16-18(13-17-7-4-3-5-8-17)11-12-22(28)25(30)21(27)10-6-9-19-14-20(32-2)15-23(29)24(19)26(31)33-16/h3-5,7-8,14-16,18,29H,6,9-13H2,1-2H3/t16-,18-/m0/s1. The van der Waals surface area contributed by atoms with E-state index >= 15 is 0 Å². The van der Waals surface area contributed by atoms with Crippen molar-refractivity contribution < 1.29 is 33.8 Å². The predicted molar refractivity (Wildman–Crippen MR) is 120 cm³/mol. The van der Waals surface area contributed by atoms with Crippen LogP contribution in [0.25, 0.3) is 0 Å². The number of hydrogen-bond donors (Lipinski definition) is 1. The van der Waals surface area contributed by atoms with Crippen molar-refractivity contribution >= 4 is 23.3 Å². The molecule has 7 nitrogen and oxygen atoms in total. The number of fused-ring (bicyclic) bond motifs is 1. The molecule has 174 valence electrons. The third kappa shape index (κ3) is 6.06. The van der Waals surface area contributed by atoms with E-state index in [-0.39, 0.29) is 49.3 Å². The van der Waals surface area contributed by atoms with Crippen LogP contribution in [0, 0.1) is 5.92 Å². The molecule has 0 radical (unpaired) electrons. The number of esters is 1. The molecule has 7 heteroatoms. The minimum absolute atomic E-state index is 0.0213. The maximum absolute atomic E-state index is 13.1. The fourth-order valence-corrected chi connectivity index (χ4v) is 4.09. The highest BCUT2D eigenvalue weighted by Crippen LogP contribution is 2.31. The van der Waals surface area contributed by atoms with Gasteiger partial charge in [0.25, 0.3) is 5.78 Å². The van der Waals surface area contributed by atoms with Crippen LogP contribution in [-0.4, -0.2) is 41.6 Å². The first-order valence-corrected chi connectivity index (χ1v) is 11.0. The molecule has 0 bridgehead atoms. The van der Waals surface area contributed by atoms with Gasteiger partial charge in [0.05, 0.1) is 7.11 Å². The van der Waals surface area contributed by atoms with Crippen LogP contribution in [0.15, 0.2) is 42.5 Å². The van der Waals surface area contributed by atoms with Gasteiger partial charge < -0.3 is 14.6 Å². The van der Waals surface area contributed by atoms with Crippen LogP contribution in [0.1, 0.15) is 54.1 Å². The number of phenolic OH excluding ortho intramolecular Hbond substituents is 1. The van der Waals surface area contributed by atoms with Crippen LogP contribution in [0.3, 0.4) is 0 Å². The molecular weight excluding hydrogens is 424 g/mol. The molecule has 1 N–H and O–H groups in total. The predicted octanol–water partition coefficient (Wildman–Crippen LogP) is 3.63. The fourth-order valence-electron chi connectivity index (χ4n) is 4.09. The molecule has 0 saturated heterocycles. The minimum Gasteiger partial charge on any atom is -0.507 e. The topological polar surface area (TPSA) is 107 Å². The zero-order valence-electron chi connectivity index (χ0n) is 18.8. The summed E-state index contributed by atoms with van der Waals surface area (Å²) in [5.74, 6) is -3.30. The average Bonchev–Trinajstić information content (AvgIpc) is 2.80. The maximum atomic E-state index is 13.1. The number of carbonyl (C=O) groups is 4. The summed E-state index contributed by atoms with van der Waals surface area (Å²) in [5.41, 5.74) is 1.47. The molecule has 2 atom stereocenters. The molecule has 0 amide bonds. The lowest BCUT2D eigenvalue weighted by Gasteiger charge is -2.25. The summed E-state index contributed by atoms with van der Waals surface area (Å²) in [6, 6.07) is 12.5. The quantitative estimate of drug-likeness (QED) is 0.560. The van der Waals surface area contributed by atoms with Crippen LogP contribution < -0.4 is 4.74 Å². The largest absolute Gasteiger partial charge is 0.507 e. The second-order valence-electron chi connectivity index (χ2n) is 8.31. The van der Waals surface area contributed by atoms with E-state index in [1.54, 1.807) is 13.0 Å². The lowest BCUT2D eigenvalue weighted by Crippen LogP contribution is -2.29. The van der Waals surface area contributed by atoms with Crippen LogP contribution in [0.2, 0.25) is 0 Å². The molecular formula is C26H28O7. The van der Waals surface area contributed by atoms with E-state index in [1.807, 2.05) is 30.3 Å². The summed E-state index contributed by atoms with van der Waals surface area (Å²) in [4.78, 5) is 50.0. The van der Waals surface area contributed by atoms with Gasteiger partial charge in [-0.25, -0.2) is 4.79 Å². The Hall–Kier alpha value is -3.48. The SMILES string of the molecule is COc1cc(O)c2c(c1)CCCC(=O)C(=O)C(=O)CC[C@@H](Cc1ccccc1)[C@H](C)OC2=O. The van der Waals surface area contributed by atoms with Crippen molar-refractivity contribution in [3.05, 3.63) is 59.2 Å². The number of rotatable bonds is 3. The monoisotopic (exact) mass is 452 g/mol. The van der Waals surface area contributed by atoms with E-state index in [0.29, 0.717) is 17.7 Å². The maximum Gasteiger partial charge on any atom is 0.342 e. The molecule has 0 aromatic heterocycles. The molecule has 2 aromatic rings. The van der Waals surface area contributed by atoms with Crippen molar-refractivity contribution in [2.75, 3.05) is 7.11 Å². The summed E-state index contributed by atoms with van der Waals surface area (Å²) >= 11 is 0. The summed E-state index contributed by atoms with van der Waals surface area (Å²) in [5, 5.41) is 10.5. The van der Waals surface area contributed by atoms with E-state index in [4.69, 9.17) is 9.47 Å². The Morgan fingerprint density at radius 3 is 2.39 bits per heavy atom. The van der Waals surface area contributed by atoms with Crippen molar-refractivity contribution in [3.8, 4) is 11.5 Å². The number of aryl methyl sites for hydroxylation is 1. The second kappa shape index (κ2) is 10.9. The molecule has 1 aliphatic heterocycles. The molecule has 0 aliphatic carbocycles. The third-order valence-corrected chi connectivity index (χ3v) is 6.01. The number of hydrogen-bond acceptors (Lipinski definition) is 7. The highest BCUT2D eigenvalue weighted by atomic mass is 16.5. The van der Waals surface area contributed by atoms with Crippen molar-refractivity contribution in [1.82, 2.24) is 0 Å². The second-order valence-corrected chi connectivity index (χ2v) is 8.31. The van der Waals surface area contributed by atoms with Gasteiger partial charge >= 0.3 is 5.97 Å². The van der Waals surface area contributed by atoms with Gasteiger partial charge in [-0.1, -0.05) is 30.3 Å². The first-order valence-electron chi connectivity index (χ1n) is 11.0. The normalized spacial score (nSPS) is 20.5. The number of carbonyl (C=O) groups excluding carboxylic acids is 4. The zero-order chi connectivity index (χ0) is 24.0. The van der Waals surface area contributed by atoms with Gasteiger partial charge in [0.15, 0.2) is 0 Å². The van der Waals surface area contributed by atoms with Crippen molar-refractivity contribution in [2.45, 2.75) is 51.6 Å². The zero-order valence-corrected chi connectivity index (χ0v) is 18.8. The van der Waals surface area contributed by atoms with E-state index < -0.39 is 29.4 Å². The summed E-state index contributed by atoms with van der Waals surface area (Å²) < 4.78 is 10.9.